The lowest BCUT2D eigenvalue weighted by molar-refractivity contribution is -0.385. The number of aliphatic carboxylic acids is 1. The van der Waals surface area contributed by atoms with Gasteiger partial charge in [-0.05, 0) is 25.8 Å². The quantitative estimate of drug-likeness (QED) is 0.147. The molecule has 0 aliphatic carbocycles. The van der Waals surface area contributed by atoms with Gasteiger partial charge in [0.25, 0.3) is 17.4 Å². The highest BCUT2D eigenvalue weighted by Gasteiger charge is 2.47. The van der Waals surface area contributed by atoms with E-state index in [9.17, 15) is 29.6 Å². The fourth-order valence-electron chi connectivity index (χ4n) is 3.92. The van der Waals surface area contributed by atoms with Crippen LogP contribution in [-0.4, -0.2) is 44.2 Å². The lowest BCUT2D eigenvalue weighted by atomic mass is 9.94. The number of rotatable bonds is 9. The highest BCUT2D eigenvalue weighted by atomic mass is 16.6. The Morgan fingerprint density at radius 3 is 2.33 bits per heavy atom. The molecule has 1 amide bonds. The second-order valence-electron chi connectivity index (χ2n) is 7.88. The van der Waals surface area contributed by atoms with Crippen molar-refractivity contribution < 1.29 is 29.5 Å². The van der Waals surface area contributed by atoms with E-state index in [1.165, 1.54) is 23.1 Å². The molecule has 1 fully saturated rings. The molecule has 0 radical (unpaired) electrons. The van der Waals surface area contributed by atoms with Gasteiger partial charge in [0.2, 0.25) is 0 Å². The summed E-state index contributed by atoms with van der Waals surface area (Å²) < 4.78 is 0. The zero-order valence-electron chi connectivity index (χ0n) is 18.1. The Labute approximate surface area is 190 Å². The van der Waals surface area contributed by atoms with Crippen LogP contribution in [0.2, 0.25) is 0 Å². The number of carbonyl (C=O) groups excluding carboxylic acids is 2. The van der Waals surface area contributed by atoms with E-state index in [-0.39, 0.29) is 29.8 Å². The molecule has 1 atom stereocenters. The minimum absolute atomic E-state index is 0.0141. The predicted octanol–water partition coefficient (Wildman–Crippen LogP) is 3.97. The largest absolute Gasteiger partial charge is 0.507 e. The van der Waals surface area contributed by atoms with Crippen LogP contribution in [-0.2, 0) is 14.4 Å². The van der Waals surface area contributed by atoms with Crippen LogP contribution >= 0.6 is 0 Å². The molecule has 0 saturated carbocycles. The van der Waals surface area contributed by atoms with Crippen molar-refractivity contribution in [3.8, 4) is 0 Å². The van der Waals surface area contributed by atoms with Gasteiger partial charge < -0.3 is 15.1 Å². The molecule has 0 bridgehead atoms. The molecule has 2 N–H and O–H groups in total. The smallest absolute Gasteiger partial charge is 0.303 e. The fourth-order valence-corrected chi connectivity index (χ4v) is 3.92. The standard InChI is InChI=1S/C24H24N2O7/c1-15-10-12-16(13-11-15)22(29)20-21(17-7-4-5-8-18(17)26(32)33)25(24(31)23(20)30)14-6-2-3-9-19(27)28/h4-5,7-8,10-13,21,29H,2-3,6,9,14H2,1H3,(H,27,28)/t21-/m0/s1. The van der Waals surface area contributed by atoms with Gasteiger partial charge in [-0.15, -0.1) is 0 Å². The topological polar surface area (TPSA) is 138 Å². The van der Waals surface area contributed by atoms with Crippen molar-refractivity contribution in [1.82, 2.24) is 4.90 Å². The van der Waals surface area contributed by atoms with Crippen LogP contribution in [0.15, 0.2) is 54.1 Å². The molecule has 1 heterocycles. The average Bonchev–Trinajstić information content (AvgIpc) is 3.03. The summed E-state index contributed by atoms with van der Waals surface area (Å²) in [5, 5.41) is 31.5. The van der Waals surface area contributed by atoms with E-state index < -0.39 is 34.4 Å². The number of likely N-dealkylation sites (tertiary alicyclic amines) is 1. The number of hydrogen-bond donors (Lipinski definition) is 2. The van der Waals surface area contributed by atoms with Gasteiger partial charge in [0.15, 0.2) is 0 Å². The zero-order chi connectivity index (χ0) is 24.1. The third kappa shape index (κ3) is 5.08. The lowest BCUT2D eigenvalue weighted by Crippen LogP contribution is -2.31. The van der Waals surface area contributed by atoms with Gasteiger partial charge in [0, 0.05) is 24.6 Å². The molecule has 9 nitrogen and oxygen atoms in total. The van der Waals surface area contributed by atoms with Crippen molar-refractivity contribution in [3.05, 3.63) is 80.9 Å². The highest BCUT2D eigenvalue weighted by molar-refractivity contribution is 6.46. The number of nitrogens with zero attached hydrogens (tertiary/aromatic N) is 2. The molecular formula is C24H24N2O7. The van der Waals surface area contributed by atoms with Crippen molar-refractivity contribution in [2.45, 2.75) is 38.6 Å². The van der Waals surface area contributed by atoms with Crippen LogP contribution in [0.3, 0.4) is 0 Å². The molecule has 172 valence electrons. The number of nitro groups is 1. The van der Waals surface area contributed by atoms with E-state index in [0.717, 1.165) is 5.56 Å². The summed E-state index contributed by atoms with van der Waals surface area (Å²) in [6.07, 6.45) is 1.29. The maximum Gasteiger partial charge on any atom is 0.303 e. The minimum atomic E-state index is -1.13. The number of para-hydroxylation sites is 1. The van der Waals surface area contributed by atoms with Gasteiger partial charge in [-0.3, -0.25) is 24.5 Å². The number of Topliss-reactive ketones (excluding diaryl/α,β-unsaturated/α-hetero) is 1. The van der Waals surface area contributed by atoms with Crippen LogP contribution in [0.5, 0.6) is 0 Å². The third-order valence-corrected chi connectivity index (χ3v) is 5.58. The minimum Gasteiger partial charge on any atom is -0.507 e. The molecule has 1 aliphatic heterocycles. The van der Waals surface area contributed by atoms with Crippen molar-refractivity contribution in [3.63, 3.8) is 0 Å². The summed E-state index contributed by atoms with van der Waals surface area (Å²) >= 11 is 0. The Morgan fingerprint density at radius 1 is 1.03 bits per heavy atom. The van der Waals surface area contributed by atoms with E-state index in [1.54, 1.807) is 30.3 Å². The molecule has 2 aromatic carbocycles. The van der Waals surface area contributed by atoms with Crippen LogP contribution < -0.4 is 0 Å². The number of carboxylic acids is 1. The number of carboxylic acid groups (broad SMARTS) is 1. The SMILES string of the molecule is Cc1ccc(C(O)=C2C(=O)C(=O)N(CCCCCC(=O)O)[C@H]2c2ccccc2[N+](=O)[O-])cc1. The summed E-state index contributed by atoms with van der Waals surface area (Å²) in [7, 11) is 0. The van der Waals surface area contributed by atoms with E-state index in [2.05, 4.69) is 0 Å². The van der Waals surface area contributed by atoms with Crippen molar-refractivity contribution in [2.24, 2.45) is 0 Å². The number of amides is 1. The summed E-state index contributed by atoms with van der Waals surface area (Å²) in [6, 6.07) is 11.4. The molecular weight excluding hydrogens is 428 g/mol. The molecule has 0 spiro atoms. The van der Waals surface area contributed by atoms with Crippen LogP contribution in [0.25, 0.3) is 5.76 Å². The van der Waals surface area contributed by atoms with E-state index in [4.69, 9.17) is 5.11 Å². The van der Waals surface area contributed by atoms with Crippen LogP contribution in [0.1, 0.15) is 48.4 Å². The number of aliphatic hydroxyl groups is 1. The number of hydrogen-bond acceptors (Lipinski definition) is 6. The summed E-state index contributed by atoms with van der Waals surface area (Å²) in [6.45, 7) is 1.95. The second-order valence-corrected chi connectivity index (χ2v) is 7.88. The average molecular weight is 452 g/mol. The van der Waals surface area contributed by atoms with Crippen molar-refractivity contribution >= 4 is 29.1 Å². The first-order valence-electron chi connectivity index (χ1n) is 10.5. The fraction of sp³-hybridized carbons (Fsp3) is 0.292. The first kappa shape index (κ1) is 23.6. The number of nitro benzene ring substituents is 1. The number of ketones is 1. The Balaban J connectivity index is 2.06. The zero-order valence-corrected chi connectivity index (χ0v) is 18.1. The van der Waals surface area contributed by atoms with E-state index in [0.29, 0.717) is 24.8 Å². The first-order valence-corrected chi connectivity index (χ1v) is 10.5. The number of aliphatic hydroxyl groups excluding tert-OH is 1. The molecule has 9 heteroatoms. The lowest BCUT2D eigenvalue weighted by Gasteiger charge is -2.25. The second kappa shape index (κ2) is 10.1. The monoisotopic (exact) mass is 452 g/mol. The maximum atomic E-state index is 13.0. The molecule has 1 saturated heterocycles. The molecule has 0 unspecified atom stereocenters. The Bertz CT molecular complexity index is 1120. The van der Waals surface area contributed by atoms with Gasteiger partial charge >= 0.3 is 5.97 Å². The van der Waals surface area contributed by atoms with Gasteiger partial charge in [0.1, 0.15) is 5.76 Å². The van der Waals surface area contributed by atoms with Crippen LogP contribution in [0.4, 0.5) is 5.69 Å². The van der Waals surface area contributed by atoms with Gasteiger partial charge in [-0.2, -0.15) is 0 Å². The molecule has 0 aromatic heterocycles. The molecule has 1 aliphatic rings. The first-order chi connectivity index (χ1) is 15.7. The molecule has 33 heavy (non-hydrogen) atoms. The molecule has 3 rings (SSSR count). The summed E-state index contributed by atoms with van der Waals surface area (Å²) in [5.74, 6) is -3.09. The van der Waals surface area contributed by atoms with Crippen LogP contribution in [0, 0.1) is 17.0 Å². The van der Waals surface area contributed by atoms with Crippen molar-refractivity contribution in [1.29, 1.82) is 0 Å². The number of benzene rings is 2. The number of aryl methyl sites for hydroxylation is 1. The summed E-state index contributed by atoms with van der Waals surface area (Å²) in [5.41, 5.74) is 0.909. The van der Waals surface area contributed by atoms with Crippen molar-refractivity contribution in [2.75, 3.05) is 6.54 Å². The summed E-state index contributed by atoms with van der Waals surface area (Å²) in [4.78, 5) is 48.9. The van der Waals surface area contributed by atoms with Gasteiger partial charge in [0.05, 0.1) is 22.1 Å². The predicted molar refractivity (Wildman–Crippen MR) is 119 cm³/mol. The number of unbranched alkanes of at least 4 members (excludes halogenated alkanes) is 2. The van der Waals surface area contributed by atoms with Gasteiger partial charge in [-0.25, -0.2) is 0 Å². The van der Waals surface area contributed by atoms with E-state index in [1.807, 2.05) is 6.92 Å². The molecule has 2 aromatic rings. The Morgan fingerprint density at radius 2 is 1.70 bits per heavy atom. The number of carbonyl (C=O) groups is 3. The van der Waals surface area contributed by atoms with Gasteiger partial charge in [-0.1, -0.05) is 48.4 Å². The highest BCUT2D eigenvalue weighted by Crippen LogP contribution is 2.42. The normalized spacial score (nSPS) is 17.4. The Hall–Kier alpha value is -4.01. The third-order valence-electron chi connectivity index (χ3n) is 5.58. The Kier molecular flexibility index (Phi) is 7.22. The maximum absolute atomic E-state index is 13.0. The van der Waals surface area contributed by atoms with E-state index >= 15 is 0 Å².